The Bertz CT molecular complexity index is 724. The molecular weight excluding hydrogens is 451 g/mol. The van der Waals surface area contributed by atoms with Gasteiger partial charge < -0.3 is 4.74 Å². The smallest absolute Gasteiger partial charge is 0.264 e. The highest BCUT2D eigenvalue weighted by Gasteiger charge is 2.62. The monoisotopic (exact) mass is 496 g/mol. The molecule has 0 saturated heterocycles. The molecule has 8 rings (SSSR count). The van der Waals surface area contributed by atoms with Crippen LogP contribution in [0.25, 0.3) is 0 Å². The van der Waals surface area contributed by atoms with E-state index in [1.54, 1.807) is 38.5 Å². The number of rotatable bonds is 10. The van der Waals surface area contributed by atoms with Crippen molar-refractivity contribution < 1.29 is 17.7 Å². The molecule has 8 aliphatic rings. The van der Waals surface area contributed by atoms with Gasteiger partial charge >= 0.3 is 0 Å². The quantitative estimate of drug-likeness (QED) is 0.218. The van der Waals surface area contributed by atoms with Gasteiger partial charge in [0.2, 0.25) is 0 Å². The molecular formula is C27H45O4PS. The predicted octanol–water partition coefficient (Wildman–Crippen LogP) is 6.34. The van der Waals surface area contributed by atoms with E-state index in [1.807, 2.05) is 0 Å². The van der Waals surface area contributed by atoms with Crippen molar-refractivity contribution in [2.24, 2.45) is 41.4 Å². The molecule has 0 aromatic heterocycles. The van der Waals surface area contributed by atoms with Crippen molar-refractivity contribution in [2.45, 2.75) is 101 Å². The Kier molecular flexibility index (Phi) is 6.25. The predicted molar refractivity (Wildman–Crippen MR) is 135 cm³/mol. The maximum absolute atomic E-state index is 11.0. The van der Waals surface area contributed by atoms with Crippen LogP contribution in [0.3, 0.4) is 0 Å². The number of ether oxygens (including phenoxy) is 1. The summed E-state index contributed by atoms with van der Waals surface area (Å²) in [4.78, 5) is 0. The lowest BCUT2D eigenvalue weighted by Crippen LogP contribution is -2.57. The van der Waals surface area contributed by atoms with Crippen LogP contribution >= 0.6 is 7.92 Å². The Labute approximate surface area is 202 Å². The van der Waals surface area contributed by atoms with Gasteiger partial charge in [-0.3, -0.25) is 4.55 Å². The molecule has 6 heteroatoms. The van der Waals surface area contributed by atoms with Crippen molar-refractivity contribution in [2.75, 3.05) is 25.1 Å². The van der Waals surface area contributed by atoms with Gasteiger partial charge in [0.15, 0.2) is 0 Å². The van der Waals surface area contributed by atoms with Crippen LogP contribution in [-0.2, 0) is 14.9 Å². The second kappa shape index (κ2) is 8.70. The van der Waals surface area contributed by atoms with Crippen molar-refractivity contribution in [3.8, 4) is 0 Å². The maximum atomic E-state index is 11.0. The van der Waals surface area contributed by atoms with Gasteiger partial charge in [-0.05, 0) is 141 Å². The molecule has 0 aliphatic heterocycles. The lowest BCUT2D eigenvalue weighted by Gasteiger charge is -2.68. The first kappa shape index (κ1) is 23.7. The highest BCUT2D eigenvalue weighted by Crippen LogP contribution is 2.79. The van der Waals surface area contributed by atoms with Crippen LogP contribution in [0.5, 0.6) is 0 Å². The number of hydrogen-bond acceptors (Lipinski definition) is 3. The molecule has 1 unspecified atom stereocenters. The van der Waals surface area contributed by atoms with Gasteiger partial charge in [-0.15, -0.1) is 0 Å². The van der Waals surface area contributed by atoms with E-state index in [2.05, 4.69) is 6.92 Å². The molecule has 8 aliphatic carbocycles. The summed E-state index contributed by atoms with van der Waals surface area (Å²) in [5.74, 6) is 6.55. The molecule has 0 spiro atoms. The van der Waals surface area contributed by atoms with Gasteiger partial charge in [-0.1, -0.05) is 14.8 Å². The number of hydrogen-bond donors (Lipinski definition) is 1. The Morgan fingerprint density at radius 2 is 1.21 bits per heavy atom. The summed E-state index contributed by atoms with van der Waals surface area (Å²) in [7, 11) is -3.88. The minimum absolute atomic E-state index is 0.00711. The fourth-order valence-corrected chi connectivity index (χ4v) is 16.5. The fraction of sp³-hybridized carbons (Fsp3) is 1.00. The molecule has 0 amide bonds. The van der Waals surface area contributed by atoms with Crippen LogP contribution < -0.4 is 0 Å². The first-order valence-electron chi connectivity index (χ1n) is 14.0. The van der Waals surface area contributed by atoms with Gasteiger partial charge in [0.25, 0.3) is 10.1 Å². The Morgan fingerprint density at radius 1 is 0.818 bits per heavy atom. The van der Waals surface area contributed by atoms with E-state index in [4.69, 9.17) is 9.29 Å². The summed E-state index contributed by atoms with van der Waals surface area (Å²) >= 11 is 0. The van der Waals surface area contributed by atoms with Gasteiger partial charge in [-0.25, -0.2) is 0 Å². The molecule has 0 aromatic rings. The average molecular weight is 497 g/mol. The normalized spacial score (nSPS) is 47.2. The molecule has 8 fully saturated rings. The Hall–Kier alpha value is 0.300. The molecule has 0 heterocycles. The van der Waals surface area contributed by atoms with E-state index in [0.29, 0.717) is 29.3 Å². The molecule has 1 atom stereocenters. The standard InChI is InChI=1S/C27H45O4PS/c1-19(17-31-3-2-4-33(28,29)30)18-32(26-11-20-5-21(12-26)7-22(6-20)13-26)27-14-23-8-24(15-27)10-25(9-23)16-27/h19-25H,2-18H2,1H3,(H,28,29,30). The summed E-state index contributed by atoms with van der Waals surface area (Å²) in [6, 6.07) is 0. The van der Waals surface area contributed by atoms with Crippen LogP contribution in [0.15, 0.2) is 0 Å². The van der Waals surface area contributed by atoms with E-state index in [9.17, 15) is 8.42 Å². The van der Waals surface area contributed by atoms with E-state index < -0.39 is 10.1 Å². The molecule has 33 heavy (non-hydrogen) atoms. The molecule has 188 valence electrons. The molecule has 1 N–H and O–H groups in total. The molecule has 0 aromatic carbocycles. The van der Waals surface area contributed by atoms with Crippen molar-refractivity contribution >= 4 is 18.0 Å². The highest BCUT2D eigenvalue weighted by molar-refractivity contribution is 7.85. The van der Waals surface area contributed by atoms with Crippen LogP contribution in [0.4, 0.5) is 0 Å². The lowest BCUT2D eigenvalue weighted by atomic mass is 9.55. The van der Waals surface area contributed by atoms with E-state index >= 15 is 0 Å². The van der Waals surface area contributed by atoms with E-state index in [0.717, 1.165) is 42.1 Å². The summed E-state index contributed by atoms with van der Waals surface area (Å²) < 4.78 is 36.9. The average Bonchev–Trinajstić information content (AvgIpc) is 2.69. The minimum atomic E-state index is -3.87. The first-order valence-corrected chi connectivity index (χ1v) is 17.1. The van der Waals surface area contributed by atoms with Crippen molar-refractivity contribution in [3.05, 3.63) is 0 Å². The van der Waals surface area contributed by atoms with Gasteiger partial charge in [0.1, 0.15) is 0 Å². The van der Waals surface area contributed by atoms with E-state index in [1.165, 1.54) is 44.7 Å². The largest absolute Gasteiger partial charge is 0.381 e. The van der Waals surface area contributed by atoms with Crippen LogP contribution in [0.1, 0.15) is 90.4 Å². The third-order valence-electron chi connectivity index (χ3n) is 10.7. The Morgan fingerprint density at radius 3 is 1.58 bits per heavy atom. The van der Waals surface area contributed by atoms with E-state index in [-0.39, 0.29) is 13.7 Å². The van der Waals surface area contributed by atoms with Gasteiger partial charge in [0, 0.05) is 13.2 Å². The SMILES string of the molecule is CC(COCCCS(=O)(=O)O)CP(C12CC3CC(CC(C3)C1)C2)C12CC3CC(CC(C3)C1)C2. The lowest BCUT2D eigenvalue weighted by molar-refractivity contribution is 0.0179. The van der Waals surface area contributed by atoms with Crippen molar-refractivity contribution in [3.63, 3.8) is 0 Å². The molecule has 0 radical (unpaired) electrons. The van der Waals surface area contributed by atoms with Gasteiger partial charge in [-0.2, -0.15) is 8.42 Å². The molecule has 8 bridgehead atoms. The zero-order valence-electron chi connectivity index (χ0n) is 20.6. The third kappa shape index (κ3) is 4.72. The maximum Gasteiger partial charge on any atom is 0.264 e. The first-order chi connectivity index (χ1) is 15.7. The second-order valence-corrected chi connectivity index (χ2v) is 18.4. The summed E-state index contributed by atoms with van der Waals surface area (Å²) in [6.07, 6.45) is 20.3. The second-order valence-electron chi connectivity index (χ2n) is 13.7. The zero-order chi connectivity index (χ0) is 22.8. The Balaban J connectivity index is 1.19. The fourth-order valence-electron chi connectivity index (χ4n) is 10.7. The summed E-state index contributed by atoms with van der Waals surface area (Å²) in [6.45, 7) is 3.60. The van der Waals surface area contributed by atoms with Crippen LogP contribution in [0, 0.1) is 41.4 Å². The summed E-state index contributed by atoms with van der Waals surface area (Å²) in [5.41, 5.74) is 0. The summed E-state index contributed by atoms with van der Waals surface area (Å²) in [5, 5.41) is 1.35. The zero-order valence-corrected chi connectivity index (χ0v) is 22.3. The third-order valence-corrected chi connectivity index (χ3v) is 15.9. The topological polar surface area (TPSA) is 63.6 Å². The van der Waals surface area contributed by atoms with Crippen LogP contribution in [-0.4, -0.2) is 48.4 Å². The molecule has 4 nitrogen and oxygen atoms in total. The highest BCUT2D eigenvalue weighted by atomic mass is 32.2. The van der Waals surface area contributed by atoms with Crippen molar-refractivity contribution in [1.29, 1.82) is 0 Å². The van der Waals surface area contributed by atoms with Gasteiger partial charge in [0.05, 0.1) is 5.75 Å². The minimum Gasteiger partial charge on any atom is -0.381 e. The van der Waals surface area contributed by atoms with Crippen LogP contribution in [0.2, 0.25) is 0 Å². The molecule has 8 saturated carbocycles. The van der Waals surface area contributed by atoms with Crippen molar-refractivity contribution in [1.82, 2.24) is 0 Å².